The first-order chi connectivity index (χ1) is 7.66. The maximum absolute atomic E-state index is 6.00. The second kappa shape index (κ2) is 3.22. The summed E-state index contributed by atoms with van der Waals surface area (Å²) < 4.78 is 2.13. The van der Waals surface area contributed by atoms with Gasteiger partial charge in [0, 0.05) is 24.0 Å². The summed E-state index contributed by atoms with van der Waals surface area (Å²) in [5.41, 5.74) is 8.05. The van der Waals surface area contributed by atoms with Crippen LogP contribution in [0.15, 0.2) is 18.2 Å². The molecule has 1 heterocycles. The Balaban J connectivity index is 2.24. The summed E-state index contributed by atoms with van der Waals surface area (Å²) in [5.74, 6) is 1.10. The number of rotatable bonds is 2. The molecule has 4 heteroatoms. The van der Waals surface area contributed by atoms with E-state index in [1.54, 1.807) is 0 Å². The van der Waals surface area contributed by atoms with Gasteiger partial charge in [-0.1, -0.05) is 11.6 Å². The third kappa shape index (κ3) is 1.28. The number of aryl methyl sites for hydroxylation is 1. The van der Waals surface area contributed by atoms with E-state index in [9.17, 15) is 0 Å². The summed E-state index contributed by atoms with van der Waals surface area (Å²) in [5, 5.41) is 0.750. The van der Waals surface area contributed by atoms with E-state index >= 15 is 0 Å². The molecule has 1 aromatic carbocycles. The van der Waals surface area contributed by atoms with Crippen molar-refractivity contribution in [3.63, 3.8) is 0 Å². The SMILES string of the molecule is Cn1c(C2(CN)CC2)nc2ccc(Cl)cc21. The van der Waals surface area contributed by atoms with Crippen LogP contribution in [0.5, 0.6) is 0 Å². The molecule has 1 aromatic heterocycles. The average molecular weight is 236 g/mol. The van der Waals surface area contributed by atoms with Crippen LogP contribution in [0.3, 0.4) is 0 Å². The standard InChI is InChI=1S/C12H14ClN3/c1-16-10-6-8(13)2-3-9(10)15-11(16)12(7-14)4-5-12/h2-3,6H,4-5,7,14H2,1H3. The molecule has 2 aromatic rings. The van der Waals surface area contributed by atoms with Gasteiger partial charge in [0.2, 0.25) is 0 Å². The highest BCUT2D eigenvalue weighted by atomic mass is 35.5. The van der Waals surface area contributed by atoms with E-state index in [-0.39, 0.29) is 5.41 Å². The fourth-order valence-corrected chi connectivity index (χ4v) is 2.47. The van der Waals surface area contributed by atoms with Crippen molar-refractivity contribution in [2.24, 2.45) is 12.8 Å². The molecule has 1 aliphatic carbocycles. The lowest BCUT2D eigenvalue weighted by atomic mass is 10.1. The predicted molar refractivity (Wildman–Crippen MR) is 65.7 cm³/mol. The van der Waals surface area contributed by atoms with Crippen molar-refractivity contribution in [1.82, 2.24) is 9.55 Å². The van der Waals surface area contributed by atoms with E-state index in [2.05, 4.69) is 9.55 Å². The van der Waals surface area contributed by atoms with Crippen molar-refractivity contribution in [1.29, 1.82) is 0 Å². The van der Waals surface area contributed by atoms with Crippen molar-refractivity contribution >= 4 is 22.6 Å². The molecule has 1 aliphatic rings. The smallest absolute Gasteiger partial charge is 0.117 e. The first kappa shape index (κ1) is 10.1. The number of fused-ring (bicyclic) bond motifs is 1. The topological polar surface area (TPSA) is 43.8 Å². The molecular weight excluding hydrogens is 222 g/mol. The van der Waals surface area contributed by atoms with Crippen LogP contribution in [-0.4, -0.2) is 16.1 Å². The summed E-state index contributed by atoms with van der Waals surface area (Å²) in [7, 11) is 2.04. The average Bonchev–Trinajstić information content (AvgIpc) is 3.01. The van der Waals surface area contributed by atoms with Crippen LogP contribution in [-0.2, 0) is 12.5 Å². The minimum atomic E-state index is 0.125. The summed E-state index contributed by atoms with van der Waals surface area (Å²) in [4.78, 5) is 4.68. The molecule has 3 rings (SSSR count). The number of nitrogens with two attached hydrogens (primary N) is 1. The zero-order valence-corrected chi connectivity index (χ0v) is 9.96. The number of benzene rings is 1. The van der Waals surface area contributed by atoms with Gasteiger partial charge in [-0.15, -0.1) is 0 Å². The molecule has 3 nitrogen and oxygen atoms in total. The van der Waals surface area contributed by atoms with Crippen LogP contribution in [0.1, 0.15) is 18.7 Å². The van der Waals surface area contributed by atoms with Crippen LogP contribution in [0.4, 0.5) is 0 Å². The molecule has 0 radical (unpaired) electrons. The van der Waals surface area contributed by atoms with Crippen LogP contribution in [0.25, 0.3) is 11.0 Å². The Labute approximate surface area is 99.2 Å². The lowest BCUT2D eigenvalue weighted by Gasteiger charge is -2.11. The van der Waals surface area contributed by atoms with Crippen molar-refractivity contribution in [2.75, 3.05) is 6.54 Å². The fraction of sp³-hybridized carbons (Fsp3) is 0.417. The van der Waals surface area contributed by atoms with E-state index in [0.717, 1.165) is 34.7 Å². The van der Waals surface area contributed by atoms with Gasteiger partial charge in [0.1, 0.15) is 5.82 Å². The summed E-state index contributed by atoms with van der Waals surface area (Å²) in [6.07, 6.45) is 2.29. The van der Waals surface area contributed by atoms with Gasteiger partial charge in [-0.25, -0.2) is 4.98 Å². The van der Waals surface area contributed by atoms with Gasteiger partial charge in [-0.2, -0.15) is 0 Å². The van der Waals surface area contributed by atoms with Crippen LogP contribution in [0, 0.1) is 0 Å². The second-order valence-electron chi connectivity index (χ2n) is 4.61. The number of halogens is 1. The highest BCUT2D eigenvalue weighted by Gasteiger charge is 2.46. The molecule has 84 valence electrons. The Morgan fingerprint density at radius 2 is 2.25 bits per heavy atom. The van der Waals surface area contributed by atoms with Crippen LogP contribution in [0.2, 0.25) is 5.02 Å². The lowest BCUT2D eigenvalue weighted by Crippen LogP contribution is -2.23. The Hall–Kier alpha value is -1.06. The van der Waals surface area contributed by atoms with Crippen LogP contribution < -0.4 is 5.73 Å². The van der Waals surface area contributed by atoms with Crippen molar-refractivity contribution in [3.05, 3.63) is 29.0 Å². The third-order valence-electron chi connectivity index (χ3n) is 3.56. The molecule has 0 aliphatic heterocycles. The highest BCUT2D eigenvalue weighted by Crippen LogP contribution is 2.47. The van der Waals surface area contributed by atoms with Gasteiger partial charge < -0.3 is 10.3 Å². The van der Waals surface area contributed by atoms with E-state index in [1.807, 2.05) is 25.2 Å². The molecule has 0 unspecified atom stereocenters. The predicted octanol–water partition coefficient (Wildman–Crippen LogP) is 2.22. The maximum atomic E-state index is 6.00. The first-order valence-corrected chi connectivity index (χ1v) is 5.87. The van der Waals surface area contributed by atoms with Crippen molar-refractivity contribution in [3.8, 4) is 0 Å². The molecule has 0 spiro atoms. The van der Waals surface area contributed by atoms with Gasteiger partial charge in [-0.05, 0) is 31.0 Å². The fourth-order valence-electron chi connectivity index (χ4n) is 2.31. The number of hydrogen-bond donors (Lipinski definition) is 1. The largest absolute Gasteiger partial charge is 0.331 e. The molecule has 2 N–H and O–H groups in total. The van der Waals surface area contributed by atoms with Crippen molar-refractivity contribution in [2.45, 2.75) is 18.3 Å². The Bertz CT molecular complexity index is 555. The normalized spacial score (nSPS) is 17.9. The Morgan fingerprint density at radius 3 is 2.88 bits per heavy atom. The second-order valence-corrected chi connectivity index (χ2v) is 5.05. The highest BCUT2D eigenvalue weighted by molar-refractivity contribution is 6.31. The van der Waals surface area contributed by atoms with E-state index in [1.165, 1.54) is 0 Å². The first-order valence-electron chi connectivity index (χ1n) is 5.49. The molecule has 0 amide bonds. The minimum absolute atomic E-state index is 0.125. The van der Waals surface area contributed by atoms with Crippen molar-refractivity contribution < 1.29 is 0 Å². The number of hydrogen-bond acceptors (Lipinski definition) is 2. The zero-order chi connectivity index (χ0) is 11.3. The Kier molecular flexibility index (Phi) is 2.03. The number of aromatic nitrogens is 2. The van der Waals surface area contributed by atoms with Gasteiger partial charge in [-0.3, -0.25) is 0 Å². The van der Waals surface area contributed by atoms with Gasteiger partial charge in [0.05, 0.1) is 11.0 Å². The molecule has 0 saturated heterocycles. The third-order valence-corrected chi connectivity index (χ3v) is 3.80. The maximum Gasteiger partial charge on any atom is 0.117 e. The summed E-state index contributed by atoms with van der Waals surface area (Å²) in [6, 6.07) is 5.80. The van der Waals surface area contributed by atoms with Gasteiger partial charge in [0.25, 0.3) is 0 Å². The van der Waals surface area contributed by atoms with E-state index < -0.39 is 0 Å². The van der Waals surface area contributed by atoms with E-state index in [0.29, 0.717) is 6.54 Å². The molecule has 1 fully saturated rings. The molecule has 1 saturated carbocycles. The molecular formula is C12H14ClN3. The molecule has 0 atom stereocenters. The minimum Gasteiger partial charge on any atom is -0.331 e. The monoisotopic (exact) mass is 235 g/mol. The molecule has 16 heavy (non-hydrogen) atoms. The zero-order valence-electron chi connectivity index (χ0n) is 9.20. The summed E-state index contributed by atoms with van der Waals surface area (Å²) in [6.45, 7) is 0.678. The van der Waals surface area contributed by atoms with Gasteiger partial charge in [0.15, 0.2) is 0 Å². The lowest BCUT2D eigenvalue weighted by molar-refractivity contribution is 0.621. The molecule has 0 bridgehead atoms. The Morgan fingerprint density at radius 1 is 1.50 bits per heavy atom. The van der Waals surface area contributed by atoms with Crippen LogP contribution >= 0.6 is 11.6 Å². The van der Waals surface area contributed by atoms with E-state index in [4.69, 9.17) is 17.3 Å². The quantitative estimate of drug-likeness (QED) is 0.868. The summed E-state index contributed by atoms with van der Waals surface area (Å²) >= 11 is 6.00. The van der Waals surface area contributed by atoms with Gasteiger partial charge >= 0.3 is 0 Å². The number of imidazole rings is 1. The number of nitrogens with zero attached hydrogens (tertiary/aromatic N) is 2.